The first-order valence-corrected chi connectivity index (χ1v) is 10.2. The molecule has 11 heteroatoms. The highest BCUT2D eigenvalue weighted by Crippen LogP contribution is 2.30. The number of carbonyl (C=O) groups is 1. The predicted octanol–water partition coefficient (Wildman–Crippen LogP) is 1.72. The molecule has 32 heavy (non-hydrogen) atoms. The van der Waals surface area contributed by atoms with E-state index in [0.29, 0.717) is 42.2 Å². The number of hydrogen-bond acceptors (Lipinski definition) is 7. The monoisotopic (exact) mass is 439 g/mol. The van der Waals surface area contributed by atoms with E-state index in [1.165, 1.54) is 16.9 Å². The Morgan fingerprint density at radius 2 is 2.16 bits per heavy atom. The number of halogens is 2. The molecule has 3 aromatic heterocycles. The Labute approximate surface area is 181 Å². The molecule has 1 amide bonds. The maximum Gasteiger partial charge on any atom is 0.229 e. The molecule has 164 valence electrons. The van der Waals surface area contributed by atoms with Gasteiger partial charge < -0.3 is 14.5 Å². The van der Waals surface area contributed by atoms with Gasteiger partial charge in [-0.3, -0.25) is 9.78 Å². The van der Waals surface area contributed by atoms with Gasteiger partial charge in [-0.25, -0.2) is 13.8 Å². The van der Waals surface area contributed by atoms with E-state index in [0.717, 1.165) is 6.20 Å². The normalized spacial score (nSPS) is 20.9. The zero-order valence-corrected chi connectivity index (χ0v) is 17.0. The number of alkyl halides is 1. The molecular weight excluding hydrogens is 420 g/mol. The molecule has 9 nitrogen and oxygen atoms in total. The molecule has 1 fully saturated rings. The number of hydrogen-bond donors (Lipinski definition) is 0. The third kappa shape index (κ3) is 3.37. The molecule has 0 radical (unpaired) electrons. The molecule has 5 heterocycles. The van der Waals surface area contributed by atoms with E-state index < -0.39 is 17.9 Å². The van der Waals surface area contributed by atoms with Gasteiger partial charge in [0.2, 0.25) is 5.91 Å². The summed E-state index contributed by atoms with van der Waals surface area (Å²) >= 11 is 0. The highest BCUT2D eigenvalue weighted by Gasteiger charge is 2.38. The molecule has 2 aliphatic rings. The first kappa shape index (κ1) is 20.1. The van der Waals surface area contributed by atoms with E-state index in [2.05, 4.69) is 15.1 Å². The summed E-state index contributed by atoms with van der Waals surface area (Å²) in [5, 5.41) is 13.2. The van der Waals surface area contributed by atoms with Crippen LogP contribution in [-0.4, -0.2) is 62.8 Å². The van der Waals surface area contributed by atoms with Gasteiger partial charge in [0.05, 0.1) is 31.7 Å². The minimum atomic E-state index is -1.41. The number of amides is 1. The van der Waals surface area contributed by atoms with Gasteiger partial charge in [0.1, 0.15) is 36.0 Å². The second-order valence-corrected chi connectivity index (χ2v) is 7.78. The molecule has 1 saturated heterocycles. The fourth-order valence-electron chi connectivity index (χ4n) is 4.30. The van der Waals surface area contributed by atoms with Crippen LogP contribution in [0.5, 0.6) is 5.75 Å². The molecule has 5 rings (SSSR count). The number of carbonyl (C=O) groups excluding carboxylic acids is 1. The van der Waals surface area contributed by atoms with Crippen molar-refractivity contribution in [3.8, 4) is 11.8 Å². The number of pyridine rings is 1. The predicted molar refractivity (Wildman–Crippen MR) is 108 cm³/mol. The number of aromatic nitrogens is 4. The Kier molecular flexibility index (Phi) is 5.05. The van der Waals surface area contributed by atoms with Crippen molar-refractivity contribution in [3.05, 3.63) is 47.8 Å². The molecule has 2 atom stereocenters. The third-order valence-corrected chi connectivity index (χ3v) is 5.89. The number of nitriles is 1. The van der Waals surface area contributed by atoms with E-state index in [-0.39, 0.29) is 31.3 Å². The summed E-state index contributed by atoms with van der Waals surface area (Å²) in [6.45, 7) is 1.12. The molecule has 0 bridgehead atoms. The Morgan fingerprint density at radius 3 is 2.97 bits per heavy atom. The minimum Gasteiger partial charge on any atom is -0.490 e. The van der Waals surface area contributed by atoms with Crippen LogP contribution in [-0.2, 0) is 11.3 Å². The molecule has 0 saturated carbocycles. The Hall–Kier alpha value is -3.81. The lowest BCUT2D eigenvalue weighted by Gasteiger charge is -2.37. The van der Waals surface area contributed by atoms with Gasteiger partial charge in [-0.1, -0.05) is 0 Å². The summed E-state index contributed by atoms with van der Waals surface area (Å²) < 4.78 is 36.0. The number of fused-ring (bicyclic) bond motifs is 2. The van der Waals surface area contributed by atoms with Gasteiger partial charge in [0.25, 0.3) is 0 Å². The molecule has 2 aliphatic heterocycles. The van der Waals surface area contributed by atoms with E-state index in [4.69, 9.17) is 4.74 Å². The lowest BCUT2D eigenvalue weighted by Crippen LogP contribution is -2.49. The van der Waals surface area contributed by atoms with Crippen molar-refractivity contribution in [1.82, 2.24) is 24.5 Å². The topological polar surface area (TPSA) is 99.6 Å². The highest BCUT2D eigenvalue weighted by molar-refractivity contribution is 5.80. The van der Waals surface area contributed by atoms with Gasteiger partial charge in [0, 0.05) is 30.7 Å². The Bertz CT molecular complexity index is 1220. The summed E-state index contributed by atoms with van der Waals surface area (Å²) in [4.78, 5) is 24.5. The minimum absolute atomic E-state index is 0.0158. The van der Waals surface area contributed by atoms with Crippen LogP contribution in [0.4, 0.5) is 14.6 Å². The zero-order valence-electron chi connectivity index (χ0n) is 17.0. The van der Waals surface area contributed by atoms with E-state index >= 15 is 4.39 Å². The SMILES string of the molecule is N#Cc1cncc2c1OCCN(C(=O)[C@@H]1CCN(c3ccnc4c(F)cnn34)C[C@H]1F)C2. The molecule has 0 aromatic carbocycles. The number of piperidine rings is 1. The molecule has 0 aliphatic carbocycles. The molecule has 0 unspecified atom stereocenters. The van der Waals surface area contributed by atoms with E-state index in [1.807, 2.05) is 6.07 Å². The first-order chi connectivity index (χ1) is 15.6. The number of nitrogens with zero attached hydrogens (tertiary/aromatic N) is 7. The summed E-state index contributed by atoms with van der Waals surface area (Å²) in [6, 6.07) is 3.69. The summed E-state index contributed by atoms with van der Waals surface area (Å²) in [5.74, 6) is -0.684. The lowest BCUT2D eigenvalue weighted by atomic mass is 9.93. The summed E-state index contributed by atoms with van der Waals surface area (Å²) in [6.07, 6.45) is 4.40. The van der Waals surface area contributed by atoms with Crippen LogP contribution in [0, 0.1) is 23.1 Å². The Morgan fingerprint density at radius 1 is 1.28 bits per heavy atom. The van der Waals surface area contributed by atoms with Crippen LogP contribution < -0.4 is 9.64 Å². The van der Waals surface area contributed by atoms with Crippen LogP contribution in [0.3, 0.4) is 0 Å². The molecule has 3 aromatic rings. The average Bonchev–Trinajstić information content (AvgIpc) is 3.05. The molecule has 0 N–H and O–H groups in total. The van der Waals surface area contributed by atoms with E-state index in [9.17, 15) is 14.4 Å². The summed E-state index contributed by atoms with van der Waals surface area (Å²) in [7, 11) is 0. The largest absolute Gasteiger partial charge is 0.490 e. The van der Waals surface area contributed by atoms with Gasteiger partial charge >= 0.3 is 0 Å². The van der Waals surface area contributed by atoms with Crippen LogP contribution >= 0.6 is 0 Å². The highest BCUT2D eigenvalue weighted by atomic mass is 19.1. The van der Waals surface area contributed by atoms with Crippen molar-refractivity contribution in [1.29, 1.82) is 5.26 Å². The van der Waals surface area contributed by atoms with Gasteiger partial charge in [0.15, 0.2) is 11.5 Å². The quantitative estimate of drug-likeness (QED) is 0.599. The number of anilines is 1. The standard InChI is InChI=1S/C21H19F2N7O2/c22-16-10-27-30-18(1-3-26-20(16)30)28-4-2-15(17(23)12-28)21(31)29-5-6-32-19-13(7-24)8-25-9-14(19)11-29/h1,3,8-10,15,17H,2,4-6,11-12H2/t15-,17-/m1/s1. The van der Waals surface area contributed by atoms with Gasteiger partial charge in [-0.15, -0.1) is 0 Å². The van der Waals surface area contributed by atoms with Gasteiger partial charge in [-0.05, 0) is 12.5 Å². The van der Waals surface area contributed by atoms with Crippen LogP contribution in [0.25, 0.3) is 5.65 Å². The zero-order chi connectivity index (χ0) is 22.2. The van der Waals surface area contributed by atoms with Gasteiger partial charge in [-0.2, -0.15) is 14.9 Å². The van der Waals surface area contributed by atoms with Crippen molar-refractivity contribution in [2.45, 2.75) is 19.1 Å². The van der Waals surface area contributed by atoms with E-state index in [1.54, 1.807) is 22.1 Å². The van der Waals surface area contributed by atoms with Crippen molar-refractivity contribution in [2.75, 3.05) is 31.1 Å². The first-order valence-electron chi connectivity index (χ1n) is 10.2. The fourth-order valence-corrected chi connectivity index (χ4v) is 4.30. The number of rotatable bonds is 2. The maximum atomic E-state index is 15.2. The number of ether oxygens (including phenoxy) is 1. The molecule has 0 spiro atoms. The average molecular weight is 439 g/mol. The second-order valence-electron chi connectivity index (χ2n) is 7.78. The smallest absolute Gasteiger partial charge is 0.229 e. The van der Waals surface area contributed by atoms with Crippen molar-refractivity contribution < 1.29 is 18.3 Å². The van der Waals surface area contributed by atoms with Crippen molar-refractivity contribution in [3.63, 3.8) is 0 Å². The summed E-state index contributed by atoms with van der Waals surface area (Å²) in [5.41, 5.74) is 1.01. The van der Waals surface area contributed by atoms with Crippen LogP contribution in [0.1, 0.15) is 17.5 Å². The maximum absolute atomic E-state index is 15.2. The Balaban J connectivity index is 1.32. The third-order valence-electron chi connectivity index (χ3n) is 5.89. The fraction of sp³-hybridized carbons (Fsp3) is 0.381. The van der Waals surface area contributed by atoms with Crippen LogP contribution in [0.15, 0.2) is 30.9 Å². The molecular formula is C21H19F2N7O2. The second kappa shape index (κ2) is 8.03. The van der Waals surface area contributed by atoms with Crippen molar-refractivity contribution in [2.24, 2.45) is 5.92 Å². The van der Waals surface area contributed by atoms with Crippen molar-refractivity contribution >= 4 is 17.4 Å². The lowest BCUT2D eigenvalue weighted by molar-refractivity contribution is -0.139. The van der Waals surface area contributed by atoms with Crippen LogP contribution in [0.2, 0.25) is 0 Å².